The van der Waals surface area contributed by atoms with Crippen LogP contribution in [0, 0.1) is 5.92 Å². The molecule has 3 heterocycles. The molecular formula is C20H19F3N4O2. The average Bonchev–Trinajstić information content (AvgIpc) is 3.27. The van der Waals surface area contributed by atoms with E-state index in [-0.39, 0.29) is 23.5 Å². The van der Waals surface area contributed by atoms with Crippen molar-refractivity contribution in [3.63, 3.8) is 0 Å². The van der Waals surface area contributed by atoms with Crippen molar-refractivity contribution in [1.29, 1.82) is 0 Å². The second kappa shape index (κ2) is 7.06. The lowest BCUT2D eigenvalue weighted by atomic mass is 10.0. The second-order valence-electron chi connectivity index (χ2n) is 7.20. The number of hydrogen-bond donors (Lipinski definition) is 1. The number of nitrogens with zero attached hydrogens (tertiary/aromatic N) is 3. The van der Waals surface area contributed by atoms with Crippen molar-refractivity contribution in [2.45, 2.75) is 25.6 Å². The number of pyridine rings is 1. The summed E-state index contributed by atoms with van der Waals surface area (Å²) < 4.78 is 47.6. The third kappa shape index (κ3) is 3.76. The summed E-state index contributed by atoms with van der Waals surface area (Å²) in [4.78, 5) is 15.8. The molecule has 4 rings (SSSR count). The van der Waals surface area contributed by atoms with Crippen molar-refractivity contribution in [3.05, 3.63) is 42.4 Å². The average molecular weight is 404 g/mol. The number of carbonyl (C=O) groups excluding carboxylic acids is 1. The van der Waals surface area contributed by atoms with Gasteiger partial charge >= 0.3 is 6.18 Å². The molecule has 0 aliphatic carbocycles. The molecule has 1 aliphatic rings. The van der Waals surface area contributed by atoms with Gasteiger partial charge in [-0.3, -0.25) is 14.5 Å². The van der Waals surface area contributed by atoms with Crippen molar-refractivity contribution < 1.29 is 22.7 Å². The minimum absolute atomic E-state index is 0.0120. The third-order valence-corrected chi connectivity index (χ3v) is 5.08. The fourth-order valence-electron chi connectivity index (χ4n) is 3.57. The zero-order valence-corrected chi connectivity index (χ0v) is 15.8. The maximum Gasteiger partial charge on any atom is 0.435 e. The summed E-state index contributed by atoms with van der Waals surface area (Å²) in [5, 5.41) is 7.05. The number of aromatic nitrogens is 3. The summed E-state index contributed by atoms with van der Waals surface area (Å²) in [7, 11) is 1.45. The minimum atomic E-state index is -4.58. The first-order valence-corrected chi connectivity index (χ1v) is 9.15. The fourth-order valence-corrected chi connectivity index (χ4v) is 3.57. The van der Waals surface area contributed by atoms with Gasteiger partial charge in [-0.1, -0.05) is 0 Å². The van der Waals surface area contributed by atoms with Crippen LogP contribution in [0.1, 0.15) is 19.0 Å². The van der Waals surface area contributed by atoms with Crippen LogP contribution in [0.2, 0.25) is 0 Å². The number of fused-ring (bicyclic) bond motifs is 1. The van der Waals surface area contributed by atoms with Crippen LogP contribution in [0.4, 0.5) is 13.2 Å². The van der Waals surface area contributed by atoms with E-state index in [0.717, 1.165) is 4.68 Å². The lowest BCUT2D eigenvalue weighted by Gasteiger charge is -2.21. The Labute approximate surface area is 164 Å². The largest absolute Gasteiger partial charge is 0.490 e. The van der Waals surface area contributed by atoms with Crippen molar-refractivity contribution in [2.75, 3.05) is 6.54 Å². The normalized spacial score (nSPS) is 18.1. The quantitative estimate of drug-likeness (QED) is 0.722. The van der Waals surface area contributed by atoms with E-state index in [1.807, 2.05) is 6.92 Å². The van der Waals surface area contributed by atoms with Gasteiger partial charge in [0.2, 0.25) is 5.91 Å². The number of nitrogens with one attached hydrogen (secondary N) is 1. The number of halogens is 3. The Morgan fingerprint density at radius 3 is 2.83 bits per heavy atom. The monoisotopic (exact) mass is 404 g/mol. The molecule has 3 aromatic rings. The summed E-state index contributed by atoms with van der Waals surface area (Å²) >= 11 is 0. The Balaban J connectivity index is 1.79. The molecule has 0 saturated carbocycles. The highest BCUT2D eigenvalue weighted by molar-refractivity contribution is 5.90. The molecule has 1 aromatic carbocycles. The van der Waals surface area contributed by atoms with Crippen LogP contribution in [0.25, 0.3) is 22.0 Å². The first-order valence-electron chi connectivity index (χ1n) is 9.15. The molecule has 1 aliphatic heterocycles. The predicted molar refractivity (Wildman–Crippen MR) is 100 cm³/mol. The van der Waals surface area contributed by atoms with E-state index in [2.05, 4.69) is 15.4 Å². The molecule has 0 bridgehead atoms. The van der Waals surface area contributed by atoms with Crippen LogP contribution in [0.3, 0.4) is 0 Å². The van der Waals surface area contributed by atoms with Crippen LogP contribution in [0.15, 0.2) is 36.7 Å². The molecule has 1 unspecified atom stereocenters. The van der Waals surface area contributed by atoms with Crippen LogP contribution >= 0.6 is 0 Å². The van der Waals surface area contributed by atoms with Crippen LogP contribution < -0.4 is 10.1 Å². The van der Waals surface area contributed by atoms with Gasteiger partial charge in [-0.2, -0.15) is 18.3 Å². The molecular weight excluding hydrogens is 385 g/mol. The molecule has 1 saturated heterocycles. The number of amides is 1. The zero-order chi connectivity index (χ0) is 20.8. The summed E-state index contributed by atoms with van der Waals surface area (Å²) in [5.41, 5.74) is -0.160. The Hall–Kier alpha value is -3.10. The van der Waals surface area contributed by atoms with E-state index in [0.29, 0.717) is 35.2 Å². The molecule has 6 nitrogen and oxygen atoms in total. The van der Waals surface area contributed by atoms with Crippen LogP contribution in [0.5, 0.6) is 5.75 Å². The standard InChI is InChI=1S/C20H19F3N4O2/c1-11(13-8-18(28)25-9-13)29-17-7-12(6-16-14(17)4-3-5-24-16)15-10-27(2)26-19(15)20(21,22)23/h3-7,10-11,13H,8-9H2,1-2H3,(H,25,28)/t11-,13?/m1/s1. The van der Waals surface area contributed by atoms with E-state index in [1.165, 1.54) is 13.2 Å². The predicted octanol–water partition coefficient (Wildman–Crippen LogP) is 3.56. The first-order chi connectivity index (χ1) is 13.7. The smallest absolute Gasteiger partial charge is 0.435 e. The van der Waals surface area contributed by atoms with E-state index in [1.54, 1.807) is 30.5 Å². The second-order valence-corrected chi connectivity index (χ2v) is 7.20. The maximum absolute atomic E-state index is 13.5. The molecule has 9 heteroatoms. The lowest BCUT2D eigenvalue weighted by Crippen LogP contribution is -2.25. The molecule has 152 valence electrons. The zero-order valence-electron chi connectivity index (χ0n) is 15.8. The van der Waals surface area contributed by atoms with Gasteiger partial charge < -0.3 is 10.1 Å². The molecule has 1 N–H and O–H groups in total. The van der Waals surface area contributed by atoms with Gasteiger partial charge in [0, 0.05) is 49.3 Å². The third-order valence-electron chi connectivity index (χ3n) is 5.08. The lowest BCUT2D eigenvalue weighted by molar-refractivity contribution is -0.141. The number of rotatable bonds is 4. The molecule has 0 radical (unpaired) electrons. The van der Waals surface area contributed by atoms with Gasteiger partial charge in [-0.25, -0.2) is 0 Å². The van der Waals surface area contributed by atoms with Crippen molar-refractivity contribution in [1.82, 2.24) is 20.1 Å². The summed E-state index contributed by atoms with van der Waals surface area (Å²) in [5.74, 6) is 0.382. The highest BCUT2D eigenvalue weighted by Crippen LogP contribution is 2.39. The van der Waals surface area contributed by atoms with Crippen molar-refractivity contribution in [3.8, 4) is 16.9 Å². The molecule has 1 amide bonds. The number of carbonyl (C=O) groups is 1. The first kappa shape index (κ1) is 19.2. The molecule has 0 spiro atoms. The highest BCUT2D eigenvalue weighted by atomic mass is 19.4. The van der Waals surface area contributed by atoms with Gasteiger partial charge in [0.05, 0.1) is 5.52 Å². The van der Waals surface area contributed by atoms with Gasteiger partial charge in [0.15, 0.2) is 5.69 Å². The Kier molecular flexibility index (Phi) is 4.68. The molecule has 2 atom stereocenters. The summed E-state index contributed by atoms with van der Waals surface area (Å²) in [6.45, 7) is 2.36. The molecule has 2 aromatic heterocycles. The topological polar surface area (TPSA) is 69.0 Å². The minimum Gasteiger partial charge on any atom is -0.490 e. The number of benzene rings is 1. The summed E-state index contributed by atoms with van der Waals surface area (Å²) in [6.07, 6.45) is -1.62. The fraction of sp³-hybridized carbons (Fsp3) is 0.350. The molecule has 1 fully saturated rings. The maximum atomic E-state index is 13.5. The van der Waals surface area contributed by atoms with Gasteiger partial charge in [0.1, 0.15) is 11.9 Å². The number of alkyl halides is 3. The van der Waals surface area contributed by atoms with Gasteiger partial charge in [-0.15, -0.1) is 0 Å². The van der Waals surface area contributed by atoms with Crippen LogP contribution in [-0.2, 0) is 18.0 Å². The highest BCUT2D eigenvalue weighted by Gasteiger charge is 2.37. The Morgan fingerprint density at radius 1 is 1.34 bits per heavy atom. The van der Waals surface area contributed by atoms with E-state index < -0.39 is 11.9 Å². The number of ether oxygens (including phenoxy) is 1. The van der Waals surface area contributed by atoms with E-state index >= 15 is 0 Å². The van der Waals surface area contributed by atoms with Gasteiger partial charge in [-0.05, 0) is 36.8 Å². The SMILES string of the molecule is C[C@@H](Oc1cc(-c2cn(C)nc2C(F)(F)F)cc2ncccc12)C1CNC(=O)C1. The number of hydrogen-bond acceptors (Lipinski definition) is 4. The molecule has 29 heavy (non-hydrogen) atoms. The van der Waals surface area contributed by atoms with E-state index in [9.17, 15) is 18.0 Å². The Morgan fingerprint density at radius 2 is 2.14 bits per heavy atom. The van der Waals surface area contributed by atoms with Gasteiger partial charge in [0.25, 0.3) is 0 Å². The van der Waals surface area contributed by atoms with Crippen molar-refractivity contribution >= 4 is 16.8 Å². The van der Waals surface area contributed by atoms with Crippen molar-refractivity contribution in [2.24, 2.45) is 13.0 Å². The number of aryl methyl sites for hydroxylation is 1. The summed E-state index contributed by atoms with van der Waals surface area (Å²) in [6, 6.07) is 6.72. The Bertz CT molecular complexity index is 1080. The van der Waals surface area contributed by atoms with Crippen LogP contribution in [-0.4, -0.2) is 33.3 Å². The van der Waals surface area contributed by atoms with E-state index in [4.69, 9.17) is 4.74 Å².